The maximum Gasteiger partial charge on any atom is 0.256 e. The third kappa shape index (κ3) is 4.92. The van der Waals surface area contributed by atoms with Crippen molar-refractivity contribution in [3.05, 3.63) is 26.7 Å². The van der Waals surface area contributed by atoms with Crippen LogP contribution in [0.4, 0.5) is 0 Å². The maximum absolute atomic E-state index is 12.2. The Kier molecular flexibility index (Phi) is 6.17. The fourth-order valence-electron chi connectivity index (χ4n) is 2.11. The van der Waals surface area contributed by atoms with Crippen molar-refractivity contribution >= 4 is 40.7 Å². The van der Waals surface area contributed by atoms with E-state index in [4.69, 9.17) is 34.8 Å². The molecule has 0 heterocycles. The number of amides is 1. The van der Waals surface area contributed by atoms with Crippen LogP contribution in [-0.2, 0) is 0 Å². The van der Waals surface area contributed by atoms with E-state index in [9.17, 15) is 9.90 Å². The molecule has 0 aliphatic heterocycles. The van der Waals surface area contributed by atoms with Gasteiger partial charge in [-0.1, -0.05) is 48.7 Å². The number of aromatic hydroxyl groups is 1. The topological polar surface area (TPSA) is 52.6 Å². The van der Waals surface area contributed by atoms with Crippen LogP contribution >= 0.6 is 34.8 Å². The van der Waals surface area contributed by atoms with Crippen molar-refractivity contribution in [2.24, 2.45) is 5.41 Å². The van der Waals surface area contributed by atoms with Crippen molar-refractivity contribution in [3.8, 4) is 5.75 Å². The first-order valence-electron chi connectivity index (χ1n) is 6.34. The van der Waals surface area contributed by atoms with Crippen molar-refractivity contribution in [1.82, 2.24) is 10.2 Å². The summed E-state index contributed by atoms with van der Waals surface area (Å²) in [4.78, 5) is 14.3. The monoisotopic (exact) mass is 352 g/mol. The van der Waals surface area contributed by atoms with Gasteiger partial charge < -0.3 is 15.3 Å². The van der Waals surface area contributed by atoms with E-state index in [0.29, 0.717) is 6.54 Å². The van der Waals surface area contributed by atoms with E-state index < -0.39 is 5.91 Å². The molecule has 0 unspecified atom stereocenters. The molecule has 0 aliphatic carbocycles. The van der Waals surface area contributed by atoms with Crippen molar-refractivity contribution in [3.63, 3.8) is 0 Å². The molecule has 0 aliphatic rings. The van der Waals surface area contributed by atoms with Gasteiger partial charge in [0.15, 0.2) is 0 Å². The Morgan fingerprint density at radius 2 is 1.86 bits per heavy atom. The van der Waals surface area contributed by atoms with E-state index in [2.05, 4.69) is 5.32 Å². The Bertz CT molecular complexity index is 519. The summed E-state index contributed by atoms with van der Waals surface area (Å²) >= 11 is 17.7. The molecule has 1 rings (SSSR count). The standard InChI is InChI=1S/C14H19Cl3N2O2/c1-14(2,7-19(3)4)6-18-13(21)10-11(17)8(15)5-9(16)12(10)20/h5,20H,6-7H2,1-4H3,(H,18,21). The second kappa shape index (κ2) is 7.05. The first-order chi connectivity index (χ1) is 9.55. The molecular weight excluding hydrogens is 335 g/mol. The number of carbonyl (C=O) groups is 1. The summed E-state index contributed by atoms with van der Waals surface area (Å²) in [5.41, 5.74) is -0.237. The van der Waals surface area contributed by atoms with Gasteiger partial charge in [-0.25, -0.2) is 0 Å². The van der Waals surface area contributed by atoms with Crippen molar-refractivity contribution in [2.75, 3.05) is 27.2 Å². The number of rotatable bonds is 5. The predicted octanol–water partition coefficient (Wildman–Crippen LogP) is 3.67. The molecule has 0 spiro atoms. The lowest BCUT2D eigenvalue weighted by Gasteiger charge is -2.28. The minimum Gasteiger partial charge on any atom is -0.505 e. The van der Waals surface area contributed by atoms with Gasteiger partial charge in [0, 0.05) is 13.1 Å². The van der Waals surface area contributed by atoms with Gasteiger partial charge >= 0.3 is 0 Å². The van der Waals surface area contributed by atoms with E-state index in [1.54, 1.807) is 0 Å². The van der Waals surface area contributed by atoms with E-state index in [1.807, 2.05) is 32.8 Å². The van der Waals surface area contributed by atoms with Gasteiger partial charge in [-0.3, -0.25) is 4.79 Å². The predicted molar refractivity (Wildman–Crippen MR) is 87.8 cm³/mol. The fraction of sp³-hybridized carbons (Fsp3) is 0.500. The van der Waals surface area contributed by atoms with Crippen LogP contribution in [0.5, 0.6) is 5.75 Å². The molecule has 7 heteroatoms. The molecule has 0 bridgehead atoms. The average Bonchev–Trinajstić information content (AvgIpc) is 2.33. The molecule has 1 aromatic carbocycles. The Balaban J connectivity index is 2.91. The second-order valence-electron chi connectivity index (χ2n) is 5.96. The number of benzene rings is 1. The summed E-state index contributed by atoms with van der Waals surface area (Å²) in [5, 5.41) is 12.8. The molecule has 2 N–H and O–H groups in total. The number of nitrogens with zero attached hydrogens (tertiary/aromatic N) is 1. The quantitative estimate of drug-likeness (QED) is 0.794. The highest BCUT2D eigenvalue weighted by molar-refractivity contribution is 6.45. The number of carbonyl (C=O) groups excluding carboxylic acids is 1. The van der Waals surface area contributed by atoms with Crippen LogP contribution in [0.2, 0.25) is 15.1 Å². The second-order valence-corrected chi connectivity index (χ2v) is 7.15. The lowest BCUT2D eigenvalue weighted by atomic mass is 9.93. The van der Waals surface area contributed by atoms with Gasteiger partial charge in [-0.05, 0) is 25.6 Å². The van der Waals surface area contributed by atoms with Crippen molar-refractivity contribution in [2.45, 2.75) is 13.8 Å². The Morgan fingerprint density at radius 1 is 1.29 bits per heavy atom. The largest absolute Gasteiger partial charge is 0.505 e. The fourth-order valence-corrected chi connectivity index (χ4v) is 2.81. The smallest absolute Gasteiger partial charge is 0.256 e. The molecule has 0 saturated carbocycles. The molecule has 0 radical (unpaired) electrons. The van der Waals surface area contributed by atoms with Gasteiger partial charge in [-0.15, -0.1) is 0 Å². The minimum absolute atomic E-state index is 0.0119. The van der Waals surface area contributed by atoms with Crippen molar-refractivity contribution < 1.29 is 9.90 Å². The van der Waals surface area contributed by atoms with Crippen LogP contribution in [0, 0.1) is 5.41 Å². The third-order valence-corrected chi connectivity index (χ3v) is 3.92. The summed E-state index contributed by atoms with van der Waals surface area (Å²) in [7, 11) is 3.92. The molecule has 0 aromatic heterocycles. The van der Waals surface area contributed by atoms with E-state index in [-0.39, 0.29) is 31.8 Å². The van der Waals surface area contributed by atoms with Gasteiger partial charge in [0.1, 0.15) is 11.3 Å². The number of hydrogen-bond donors (Lipinski definition) is 2. The minimum atomic E-state index is -0.506. The molecule has 0 fully saturated rings. The number of hydrogen-bond acceptors (Lipinski definition) is 3. The summed E-state index contributed by atoms with van der Waals surface area (Å²) in [5.74, 6) is -0.872. The van der Waals surface area contributed by atoms with Crippen molar-refractivity contribution in [1.29, 1.82) is 0 Å². The molecule has 1 amide bonds. The normalized spacial score (nSPS) is 11.8. The lowest BCUT2D eigenvalue weighted by molar-refractivity contribution is 0.0926. The van der Waals surface area contributed by atoms with Crippen LogP contribution < -0.4 is 5.32 Å². The zero-order valence-electron chi connectivity index (χ0n) is 12.4. The molecule has 118 valence electrons. The molecular formula is C14H19Cl3N2O2. The summed E-state index contributed by atoms with van der Waals surface area (Å²) in [6.07, 6.45) is 0. The third-order valence-electron chi connectivity index (χ3n) is 2.84. The summed E-state index contributed by atoms with van der Waals surface area (Å²) < 4.78 is 0. The highest BCUT2D eigenvalue weighted by Crippen LogP contribution is 2.38. The molecule has 0 atom stereocenters. The summed E-state index contributed by atoms with van der Waals surface area (Å²) in [6, 6.07) is 1.30. The maximum atomic E-state index is 12.2. The van der Waals surface area contributed by atoms with Gasteiger partial charge in [0.25, 0.3) is 5.91 Å². The number of phenols is 1. The number of nitrogens with one attached hydrogen (secondary N) is 1. The van der Waals surface area contributed by atoms with Crippen LogP contribution in [0.25, 0.3) is 0 Å². The highest BCUT2D eigenvalue weighted by Gasteiger charge is 2.24. The molecule has 0 saturated heterocycles. The zero-order valence-corrected chi connectivity index (χ0v) is 14.7. The van der Waals surface area contributed by atoms with E-state index in [0.717, 1.165) is 6.54 Å². The van der Waals surface area contributed by atoms with Gasteiger partial charge in [0.2, 0.25) is 0 Å². The van der Waals surface area contributed by atoms with Crippen LogP contribution in [0.15, 0.2) is 6.07 Å². The SMILES string of the molecule is CN(C)CC(C)(C)CNC(=O)c1c(O)c(Cl)cc(Cl)c1Cl. The zero-order chi connectivity index (χ0) is 16.4. The molecule has 1 aromatic rings. The average molecular weight is 354 g/mol. The Labute approximate surface area is 140 Å². The Hall–Kier alpha value is -0.680. The molecule has 21 heavy (non-hydrogen) atoms. The molecule has 4 nitrogen and oxygen atoms in total. The summed E-state index contributed by atoms with van der Waals surface area (Å²) in [6.45, 7) is 5.27. The van der Waals surface area contributed by atoms with Gasteiger partial charge in [0.05, 0.1) is 15.1 Å². The van der Waals surface area contributed by atoms with E-state index >= 15 is 0 Å². The van der Waals surface area contributed by atoms with E-state index in [1.165, 1.54) is 6.07 Å². The van der Waals surface area contributed by atoms with Crippen LogP contribution in [0.1, 0.15) is 24.2 Å². The lowest BCUT2D eigenvalue weighted by Crippen LogP contribution is -2.40. The van der Waals surface area contributed by atoms with Crippen LogP contribution in [-0.4, -0.2) is 43.1 Å². The van der Waals surface area contributed by atoms with Crippen LogP contribution in [0.3, 0.4) is 0 Å². The first-order valence-corrected chi connectivity index (χ1v) is 7.48. The van der Waals surface area contributed by atoms with Gasteiger partial charge in [-0.2, -0.15) is 0 Å². The Morgan fingerprint density at radius 3 is 2.38 bits per heavy atom. The highest BCUT2D eigenvalue weighted by atomic mass is 35.5. The first kappa shape index (κ1) is 18.4. The number of phenolic OH excluding ortho intramolecular Hbond substituents is 1. The number of halogens is 3.